The van der Waals surface area contributed by atoms with Crippen LogP contribution in [0.2, 0.25) is 0 Å². The third-order valence-electron chi connectivity index (χ3n) is 3.06. The molecule has 0 aliphatic carbocycles. The highest BCUT2D eigenvalue weighted by Gasteiger charge is 2.12. The molecule has 2 rings (SSSR count). The van der Waals surface area contributed by atoms with Crippen LogP contribution in [0.5, 0.6) is 17.2 Å². The summed E-state index contributed by atoms with van der Waals surface area (Å²) in [6, 6.07) is 11.4. The van der Waals surface area contributed by atoms with E-state index in [0.29, 0.717) is 22.8 Å². The molecular formula is C16H16BrNO2S. The van der Waals surface area contributed by atoms with Crippen molar-refractivity contribution in [1.29, 1.82) is 0 Å². The number of rotatable bonds is 5. The number of nitrogens with two attached hydrogens (primary N) is 1. The lowest BCUT2D eigenvalue weighted by molar-refractivity contribution is 0.378. The van der Waals surface area contributed by atoms with E-state index in [1.54, 1.807) is 7.11 Å². The van der Waals surface area contributed by atoms with Gasteiger partial charge in [0, 0.05) is 4.47 Å². The lowest BCUT2D eigenvalue weighted by Crippen LogP contribution is -2.10. The number of aryl methyl sites for hydroxylation is 1. The highest BCUT2D eigenvalue weighted by atomic mass is 79.9. The van der Waals surface area contributed by atoms with Crippen LogP contribution < -0.4 is 15.2 Å². The topological polar surface area (TPSA) is 44.5 Å². The fourth-order valence-electron chi connectivity index (χ4n) is 1.92. The van der Waals surface area contributed by atoms with E-state index >= 15 is 0 Å². The first-order chi connectivity index (χ1) is 10.0. The Balaban J connectivity index is 2.40. The first-order valence-corrected chi connectivity index (χ1v) is 7.69. The summed E-state index contributed by atoms with van der Waals surface area (Å²) in [6.45, 7) is 2.09. The molecule has 0 saturated carbocycles. The summed E-state index contributed by atoms with van der Waals surface area (Å²) >= 11 is 8.47. The smallest absolute Gasteiger partial charge is 0.169 e. The van der Waals surface area contributed by atoms with E-state index in [1.807, 2.05) is 36.4 Å². The van der Waals surface area contributed by atoms with Crippen molar-refractivity contribution in [3.8, 4) is 17.2 Å². The zero-order chi connectivity index (χ0) is 15.4. The van der Waals surface area contributed by atoms with Crippen molar-refractivity contribution in [1.82, 2.24) is 0 Å². The Hall–Kier alpha value is -1.59. The number of benzene rings is 2. The van der Waals surface area contributed by atoms with Crippen molar-refractivity contribution in [2.45, 2.75) is 13.3 Å². The molecule has 21 heavy (non-hydrogen) atoms. The summed E-state index contributed by atoms with van der Waals surface area (Å²) in [6.07, 6.45) is 0.938. The third kappa shape index (κ3) is 3.74. The maximum atomic E-state index is 5.93. The predicted molar refractivity (Wildman–Crippen MR) is 92.5 cm³/mol. The quantitative estimate of drug-likeness (QED) is 0.795. The van der Waals surface area contributed by atoms with Gasteiger partial charge in [0.15, 0.2) is 11.5 Å². The highest BCUT2D eigenvalue weighted by molar-refractivity contribution is 9.10. The SMILES string of the molecule is CCc1ccc(Oc2ccc(Br)cc2C(N)=S)c(OC)c1. The molecule has 0 bridgehead atoms. The van der Waals surface area contributed by atoms with E-state index in [-0.39, 0.29) is 4.99 Å². The van der Waals surface area contributed by atoms with Gasteiger partial charge in [-0.25, -0.2) is 0 Å². The third-order valence-corrected chi connectivity index (χ3v) is 3.78. The number of hydrogen-bond donors (Lipinski definition) is 1. The second kappa shape index (κ2) is 6.91. The molecule has 0 aromatic heterocycles. The van der Waals surface area contributed by atoms with Gasteiger partial charge in [-0.1, -0.05) is 41.1 Å². The van der Waals surface area contributed by atoms with Crippen molar-refractivity contribution in [2.75, 3.05) is 7.11 Å². The van der Waals surface area contributed by atoms with Gasteiger partial charge in [0.25, 0.3) is 0 Å². The molecule has 110 valence electrons. The molecule has 0 aliphatic heterocycles. The van der Waals surface area contributed by atoms with E-state index in [1.165, 1.54) is 5.56 Å². The molecule has 2 N–H and O–H groups in total. The van der Waals surface area contributed by atoms with E-state index in [9.17, 15) is 0 Å². The maximum absolute atomic E-state index is 5.93. The summed E-state index contributed by atoms with van der Waals surface area (Å²) in [5, 5.41) is 0. The van der Waals surface area contributed by atoms with Gasteiger partial charge in [-0.3, -0.25) is 0 Å². The first-order valence-electron chi connectivity index (χ1n) is 6.49. The van der Waals surface area contributed by atoms with Crippen molar-refractivity contribution in [2.24, 2.45) is 5.73 Å². The number of halogens is 1. The summed E-state index contributed by atoms with van der Waals surface area (Å²) in [7, 11) is 1.62. The Morgan fingerprint density at radius 2 is 1.86 bits per heavy atom. The Morgan fingerprint density at radius 1 is 1.14 bits per heavy atom. The molecule has 0 amide bonds. The molecular weight excluding hydrogens is 350 g/mol. The minimum atomic E-state index is 0.287. The minimum Gasteiger partial charge on any atom is -0.493 e. The Kier molecular flexibility index (Phi) is 5.20. The Bertz CT molecular complexity index is 673. The zero-order valence-electron chi connectivity index (χ0n) is 11.9. The lowest BCUT2D eigenvalue weighted by atomic mass is 10.1. The van der Waals surface area contributed by atoms with Gasteiger partial charge in [0.2, 0.25) is 0 Å². The Labute approximate surface area is 138 Å². The van der Waals surface area contributed by atoms with Crippen LogP contribution in [0.1, 0.15) is 18.1 Å². The van der Waals surface area contributed by atoms with Crippen LogP contribution in [0.4, 0.5) is 0 Å². The molecule has 2 aromatic carbocycles. The van der Waals surface area contributed by atoms with Crippen molar-refractivity contribution in [3.05, 3.63) is 52.0 Å². The van der Waals surface area contributed by atoms with Crippen LogP contribution in [0.25, 0.3) is 0 Å². The number of thiocarbonyl (C=S) groups is 1. The summed E-state index contributed by atoms with van der Waals surface area (Å²) < 4.78 is 12.2. The van der Waals surface area contributed by atoms with Gasteiger partial charge >= 0.3 is 0 Å². The van der Waals surface area contributed by atoms with Crippen LogP contribution in [0.15, 0.2) is 40.9 Å². The molecule has 0 spiro atoms. The fraction of sp³-hybridized carbons (Fsp3) is 0.188. The standard InChI is InChI=1S/C16H16BrNO2S/c1-3-10-4-6-14(15(8-10)19-2)20-13-7-5-11(17)9-12(13)16(18)21/h4-9H,3H2,1-2H3,(H2,18,21). The van der Waals surface area contributed by atoms with Crippen molar-refractivity contribution >= 4 is 33.1 Å². The van der Waals surface area contributed by atoms with Gasteiger partial charge in [0.1, 0.15) is 10.7 Å². The van der Waals surface area contributed by atoms with E-state index in [2.05, 4.69) is 22.9 Å². The molecule has 2 aromatic rings. The zero-order valence-corrected chi connectivity index (χ0v) is 14.3. The van der Waals surface area contributed by atoms with Gasteiger partial charge in [0.05, 0.1) is 12.7 Å². The molecule has 0 heterocycles. The maximum Gasteiger partial charge on any atom is 0.169 e. The molecule has 0 unspecified atom stereocenters. The van der Waals surface area contributed by atoms with Crippen molar-refractivity contribution in [3.63, 3.8) is 0 Å². The second-order valence-electron chi connectivity index (χ2n) is 4.45. The normalized spacial score (nSPS) is 10.2. The molecule has 0 fully saturated rings. The summed E-state index contributed by atoms with van der Waals surface area (Å²) in [5.41, 5.74) is 7.62. The summed E-state index contributed by atoms with van der Waals surface area (Å²) in [4.78, 5) is 0.287. The van der Waals surface area contributed by atoms with E-state index < -0.39 is 0 Å². The molecule has 5 heteroatoms. The first kappa shape index (κ1) is 15.8. The second-order valence-corrected chi connectivity index (χ2v) is 5.80. The van der Waals surface area contributed by atoms with Crippen LogP contribution >= 0.6 is 28.1 Å². The van der Waals surface area contributed by atoms with Gasteiger partial charge < -0.3 is 15.2 Å². The fourth-order valence-corrected chi connectivity index (χ4v) is 2.44. The van der Waals surface area contributed by atoms with Crippen LogP contribution in [-0.4, -0.2) is 12.1 Å². The minimum absolute atomic E-state index is 0.287. The largest absolute Gasteiger partial charge is 0.493 e. The molecule has 0 saturated heterocycles. The van der Waals surface area contributed by atoms with Gasteiger partial charge in [-0.15, -0.1) is 0 Å². The molecule has 0 aliphatic rings. The Morgan fingerprint density at radius 3 is 2.48 bits per heavy atom. The van der Waals surface area contributed by atoms with Crippen molar-refractivity contribution < 1.29 is 9.47 Å². The molecule has 0 atom stereocenters. The monoisotopic (exact) mass is 365 g/mol. The molecule has 3 nitrogen and oxygen atoms in total. The molecule has 0 radical (unpaired) electrons. The average molecular weight is 366 g/mol. The van der Waals surface area contributed by atoms with Crippen LogP contribution in [-0.2, 0) is 6.42 Å². The van der Waals surface area contributed by atoms with E-state index in [0.717, 1.165) is 10.9 Å². The van der Waals surface area contributed by atoms with Gasteiger partial charge in [-0.2, -0.15) is 0 Å². The lowest BCUT2D eigenvalue weighted by Gasteiger charge is -2.14. The number of hydrogen-bond acceptors (Lipinski definition) is 3. The van der Waals surface area contributed by atoms with Crippen LogP contribution in [0, 0.1) is 0 Å². The summed E-state index contributed by atoms with van der Waals surface area (Å²) in [5.74, 6) is 1.92. The number of ether oxygens (including phenoxy) is 2. The highest BCUT2D eigenvalue weighted by Crippen LogP contribution is 2.34. The van der Waals surface area contributed by atoms with E-state index in [4.69, 9.17) is 27.4 Å². The predicted octanol–water partition coefficient (Wildman–Crippen LogP) is 4.45. The number of methoxy groups -OCH3 is 1. The van der Waals surface area contributed by atoms with Gasteiger partial charge in [-0.05, 0) is 42.3 Å². The average Bonchev–Trinajstić information content (AvgIpc) is 2.49. The van der Waals surface area contributed by atoms with Crippen LogP contribution in [0.3, 0.4) is 0 Å².